The highest BCUT2D eigenvalue weighted by Crippen LogP contribution is 2.41. The van der Waals surface area contributed by atoms with Crippen LogP contribution in [0.1, 0.15) is 25.3 Å². The van der Waals surface area contributed by atoms with Gasteiger partial charge in [0, 0.05) is 6.42 Å². The monoisotopic (exact) mass is 309 g/mol. The molecule has 2 aromatic rings. The molecule has 23 heavy (non-hydrogen) atoms. The Morgan fingerprint density at radius 2 is 1.70 bits per heavy atom. The van der Waals surface area contributed by atoms with Crippen LogP contribution in [0.3, 0.4) is 0 Å². The van der Waals surface area contributed by atoms with Gasteiger partial charge in [0.25, 0.3) is 0 Å². The third-order valence-corrected chi connectivity index (χ3v) is 4.58. The predicted octanol–water partition coefficient (Wildman–Crippen LogP) is 3.31. The molecule has 2 amide bonds. The fraction of sp³-hybridized carbons (Fsp3) is 0.263. The van der Waals surface area contributed by atoms with Crippen molar-refractivity contribution in [1.29, 1.82) is 0 Å². The van der Waals surface area contributed by atoms with Crippen LogP contribution in [0.4, 0.5) is 5.69 Å². The number of ether oxygens (including phenoxy) is 1. The third-order valence-electron chi connectivity index (χ3n) is 4.58. The molecule has 118 valence electrons. The molecular weight excluding hydrogens is 290 g/mol. The molecular formula is C19H19NO3. The Kier molecular flexibility index (Phi) is 3.90. The molecule has 4 heteroatoms. The molecule has 2 aromatic carbocycles. The second-order valence-corrected chi connectivity index (χ2v) is 5.71. The zero-order valence-corrected chi connectivity index (χ0v) is 13.3. The van der Waals surface area contributed by atoms with Crippen LogP contribution in [-0.4, -0.2) is 18.9 Å². The Morgan fingerprint density at radius 1 is 1.04 bits per heavy atom. The van der Waals surface area contributed by atoms with E-state index >= 15 is 0 Å². The largest absolute Gasteiger partial charge is 0.497 e. The molecule has 1 atom stereocenters. The van der Waals surface area contributed by atoms with E-state index in [2.05, 4.69) is 0 Å². The number of carbonyl (C=O) groups is 2. The number of hydrogen-bond donors (Lipinski definition) is 0. The van der Waals surface area contributed by atoms with Gasteiger partial charge in [-0.2, -0.15) is 0 Å². The van der Waals surface area contributed by atoms with Crippen LogP contribution in [0.25, 0.3) is 0 Å². The van der Waals surface area contributed by atoms with Crippen LogP contribution < -0.4 is 9.64 Å². The normalized spacial score (nSPS) is 20.9. The SMILES string of the molecule is CC[C@@]1(c2ccccc2)CC(=O)N(c2ccc(OC)cc2)C1=O. The van der Waals surface area contributed by atoms with E-state index in [0.717, 1.165) is 5.56 Å². The van der Waals surface area contributed by atoms with E-state index in [1.54, 1.807) is 31.4 Å². The average molecular weight is 309 g/mol. The van der Waals surface area contributed by atoms with Crippen LogP contribution in [0.15, 0.2) is 54.6 Å². The first kappa shape index (κ1) is 15.3. The van der Waals surface area contributed by atoms with Gasteiger partial charge in [-0.3, -0.25) is 9.59 Å². The summed E-state index contributed by atoms with van der Waals surface area (Å²) in [5.41, 5.74) is 0.724. The van der Waals surface area contributed by atoms with Crippen molar-refractivity contribution in [3.05, 3.63) is 60.2 Å². The topological polar surface area (TPSA) is 46.6 Å². The van der Waals surface area contributed by atoms with Gasteiger partial charge in [0.2, 0.25) is 11.8 Å². The van der Waals surface area contributed by atoms with Crippen molar-refractivity contribution in [2.75, 3.05) is 12.0 Å². The van der Waals surface area contributed by atoms with E-state index in [1.807, 2.05) is 37.3 Å². The fourth-order valence-corrected chi connectivity index (χ4v) is 3.20. The minimum atomic E-state index is -0.766. The molecule has 0 saturated carbocycles. The lowest BCUT2D eigenvalue weighted by Gasteiger charge is -2.26. The van der Waals surface area contributed by atoms with E-state index in [0.29, 0.717) is 17.9 Å². The first-order valence-corrected chi connectivity index (χ1v) is 7.69. The van der Waals surface area contributed by atoms with Crippen molar-refractivity contribution in [3.63, 3.8) is 0 Å². The number of methoxy groups -OCH3 is 1. The second-order valence-electron chi connectivity index (χ2n) is 5.71. The molecule has 1 aliphatic heterocycles. The van der Waals surface area contributed by atoms with Crippen molar-refractivity contribution >= 4 is 17.5 Å². The molecule has 4 nitrogen and oxygen atoms in total. The third kappa shape index (κ3) is 2.40. The summed E-state index contributed by atoms with van der Waals surface area (Å²) in [6, 6.07) is 16.6. The van der Waals surface area contributed by atoms with E-state index in [9.17, 15) is 9.59 Å². The molecule has 0 aliphatic carbocycles. The standard InChI is InChI=1S/C19H19NO3/c1-3-19(14-7-5-4-6-8-14)13-17(21)20(18(19)22)15-9-11-16(23-2)12-10-15/h4-12H,3,13H2,1-2H3/t19-/m0/s1. The highest BCUT2D eigenvalue weighted by Gasteiger charge is 2.51. The highest BCUT2D eigenvalue weighted by atomic mass is 16.5. The van der Waals surface area contributed by atoms with Gasteiger partial charge in [-0.05, 0) is 36.2 Å². The Hall–Kier alpha value is -2.62. The van der Waals surface area contributed by atoms with Gasteiger partial charge >= 0.3 is 0 Å². The molecule has 0 radical (unpaired) electrons. The quantitative estimate of drug-likeness (QED) is 0.814. The molecule has 0 N–H and O–H groups in total. The molecule has 3 rings (SSSR count). The Morgan fingerprint density at radius 3 is 2.26 bits per heavy atom. The lowest BCUT2D eigenvalue weighted by atomic mass is 9.76. The number of rotatable bonds is 4. The van der Waals surface area contributed by atoms with E-state index in [1.165, 1.54) is 4.90 Å². The maximum absolute atomic E-state index is 13.1. The highest BCUT2D eigenvalue weighted by molar-refractivity contribution is 6.24. The summed E-state index contributed by atoms with van der Waals surface area (Å²) >= 11 is 0. The van der Waals surface area contributed by atoms with Crippen LogP contribution in [0.5, 0.6) is 5.75 Å². The van der Waals surface area contributed by atoms with Gasteiger partial charge in [0.15, 0.2) is 0 Å². The van der Waals surface area contributed by atoms with Gasteiger partial charge in [0.1, 0.15) is 5.75 Å². The zero-order chi connectivity index (χ0) is 16.4. The number of anilines is 1. The van der Waals surface area contributed by atoms with Crippen LogP contribution in [0, 0.1) is 0 Å². The molecule has 1 fully saturated rings. The van der Waals surface area contributed by atoms with Crippen molar-refractivity contribution in [2.45, 2.75) is 25.2 Å². The van der Waals surface area contributed by atoms with Crippen LogP contribution in [0.2, 0.25) is 0 Å². The number of hydrogen-bond acceptors (Lipinski definition) is 3. The van der Waals surface area contributed by atoms with Crippen molar-refractivity contribution in [3.8, 4) is 5.75 Å². The number of carbonyl (C=O) groups excluding carboxylic acids is 2. The number of nitrogens with zero attached hydrogens (tertiary/aromatic N) is 1. The van der Waals surface area contributed by atoms with Gasteiger partial charge in [0.05, 0.1) is 18.2 Å². The molecule has 1 heterocycles. The maximum Gasteiger partial charge on any atom is 0.244 e. The molecule has 0 bridgehead atoms. The first-order valence-electron chi connectivity index (χ1n) is 7.69. The van der Waals surface area contributed by atoms with Crippen molar-refractivity contribution in [1.82, 2.24) is 0 Å². The lowest BCUT2D eigenvalue weighted by molar-refractivity contribution is -0.123. The smallest absolute Gasteiger partial charge is 0.244 e. The summed E-state index contributed by atoms with van der Waals surface area (Å²) in [4.78, 5) is 27.0. The lowest BCUT2D eigenvalue weighted by Crippen LogP contribution is -2.38. The number of amides is 2. The van der Waals surface area contributed by atoms with E-state index < -0.39 is 5.41 Å². The van der Waals surface area contributed by atoms with E-state index in [-0.39, 0.29) is 18.2 Å². The van der Waals surface area contributed by atoms with Gasteiger partial charge in [-0.1, -0.05) is 37.3 Å². The fourth-order valence-electron chi connectivity index (χ4n) is 3.20. The van der Waals surface area contributed by atoms with Crippen LogP contribution >= 0.6 is 0 Å². The Labute approximate surface area is 135 Å². The van der Waals surface area contributed by atoms with Gasteiger partial charge in [-0.25, -0.2) is 4.90 Å². The van der Waals surface area contributed by atoms with Crippen LogP contribution in [-0.2, 0) is 15.0 Å². The molecule has 1 saturated heterocycles. The summed E-state index contributed by atoms with van der Waals surface area (Å²) in [6.07, 6.45) is 0.798. The zero-order valence-electron chi connectivity index (χ0n) is 13.3. The molecule has 0 spiro atoms. The number of benzene rings is 2. The summed E-state index contributed by atoms with van der Waals surface area (Å²) in [5.74, 6) is 0.380. The molecule has 1 aliphatic rings. The average Bonchev–Trinajstić information content (AvgIpc) is 2.87. The number of imide groups is 1. The summed E-state index contributed by atoms with van der Waals surface area (Å²) < 4.78 is 5.13. The van der Waals surface area contributed by atoms with E-state index in [4.69, 9.17) is 4.74 Å². The van der Waals surface area contributed by atoms with Gasteiger partial charge in [-0.15, -0.1) is 0 Å². The Balaban J connectivity index is 2.01. The maximum atomic E-state index is 13.1. The van der Waals surface area contributed by atoms with Crippen molar-refractivity contribution in [2.24, 2.45) is 0 Å². The molecule has 0 aromatic heterocycles. The minimum absolute atomic E-state index is 0.152. The summed E-state index contributed by atoms with van der Waals surface area (Å²) in [6.45, 7) is 1.95. The first-order chi connectivity index (χ1) is 11.1. The van der Waals surface area contributed by atoms with Crippen molar-refractivity contribution < 1.29 is 14.3 Å². The summed E-state index contributed by atoms with van der Waals surface area (Å²) in [5, 5.41) is 0. The second kappa shape index (κ2) is 5.88. The Bertz CT molecular complexity index is 724. The summed E-state index contributed by atoms with van der Waals surface area (Å²) in [7, 11) is 1.58. The predicted molar refractivity (Wildman–Crippen MR) is 88.5 cm³/mol. The van der Waals surface area contributed by atoms with Gasteiger partial charge < -0.3 is 4.74 Å². The molecule has 0 unspecified atom stereocenters. The minimum Gasteiger partial charge on any atom is -0.497 e.